The number of hydrogen-bond donors (Lipinski definition) is 1. The molecule has 0 unspecified atom stereocenters. The highest BCUT2D eigenvalue weighted by Gasteiger charge is 2.29. The first-order valence-corrected chi connectivity index (χ1v) is 11.2. The number of benzene rings is 1. The van der Waals surface area contributed by atoms with Crippen molar-refractivity contribution in [2.45, 2.75) is 77.4 Å². The molecule has 0 aliphatic heterocycles. The number of rotatable bonds is 13. The Morgan fingerprint density at radius 3 is 2.67 bits per heavy atom. The summed E-state index contributed by atoms with van der Waals surface area (Å²) < 4.78 is 5.12. The lowest BCUT2D eigenvalue weighted by Crippen LogP contribution is -2.19. The van der Waals surface area contributed by atoms with Gasteiger partial charge in [-0.2, -0.15) is 0 Å². The quantitative estimate of drug-likeness (QED) is 0.275. The molecule has 1 aromatic carbocycles. The summed E-state index contributed by atoms with van der Waals surface area (Å²) in [5.41, 5.74) is 1.23. The van der Waals surface area contributed by atoms with Crippen molar-refractivity contribution in [1.82, 2.24) is 0 Å². The largest absolute Gasteiger partial charge is 0.463 e. The van der Waals surface area contributed by atoms with Gasteiger partial charge in [0.1, 0.15) is 0 Å². The highest BCUT2D eigenvalue weighted by Crippen LogP contribution is 2.30. The Hall–Kier alpha value is -2.20. The summed E-state index contributed by atoms with van der Waals surface area (Å²) in [5, 5.41) is 10.3. The van der Waals surface area contributed by atoms with E-state index in [1.54, 1.807) is 6.08 Å². The maximum atomic E-state index is 12.2. The van der Waals surface area contributed by atoms with Crippen molar-refractivity contribution in [2.75, 3.05) is 0 Å². The summed E-state index contributed by atoms with van der Waals surface area (Å²) in [4.78, 5) is 23.7. The van der Waals surface area contributed by atoms with Crippen LogP contribution in [-0.2, 0) is 20.7 Å². The predicted octanol–water partition coefficient (Wildman–Crippen LogP) is 5.20. The molecule has 164 valence electrons. The third-order valence-corrected chi connectivity index (χ3v) is 5.50. The van der Waals surface area contributed by atoms with Crippen molar-refractivity contribution < 1.29 is 19.4 Å². The molecular formula is C26H36O4. The van der Waals surface area contributed by atoms with Gasteiger partial charge in [0.15, 0.2) is 5.78 Å². The Morgan fingerprint density at radius 2 is 1.93 bits per heavy atom. The highest BCUT2D eigenvalue weighted by atomic mass is 16.5. The number of carbonyl (C=O) groups excluding carboxylic acids is 2. The first kappa shape index (κ1) is 24.1. The highest BCUT2D eigenvalue weighted by molar-refractivity contribution is 5.94. The van der Waals surface area contributed by atoms with E-state index in [4.69, 9.17) is 4.74 Å². The molecule has 3 atom stereocenters. The lowest BCUT2D eigenvalue weighted by molar-refractivity contribution is -0.147. The van der Waals surface area contributed by atoms with E-state index in [9.17, 15) is 14.7 Å². The van der Waals surface area contributed by atoms with Crippen LogP contribution in [0.1, 0.15) is 64.4 Å². The minimum Gasteiger partial charge on any atom is -0.463 e. The van der Waals surface area contributed by atoms with Crippen LogP contribution in [-0.4, -0.2) is 29.1 Å². The molecule has 2 rings (SSSR count). The van der Waals surface area contributed by atoms with Gasteiger partial charge in [-0.15, -0.1) is 0 Å². The van der Waals surface area contributed by atoms with Gasteiger partial charge in [-0.1, -0.05) is 48.6 Å². The fraction of sp³-hybridized carbons (Fsp3) is 0.538. The molecular weight excluding hydrogens is 376 g/mol. The second-order valence-corrected chi connectivity index (χ2v) is 8.43. The lowest BCUT2D eigenvalue weighted by Gasteiger charge is -2.19. The molecule has 1 aliphatic rings. The number of ether oxygens (including phenoxy) is 1. The molecule has 0 heterocycles. The number of ketones is 1. The van der Waals surface area contributed by atoms with Crippen molar-refractivity contribution in [2.24, 2.45) is 11.8 Å². The Labute approximate surface area is 181 Å². The van der Waals surface area contributed by atoms with E-state index < -0.39 is 0 Å². The molecule has 4 heteroatoms. The van der Waals surface area contributed by atoms with Crippen molar-refractivity contribution in [1.29, 1.82) is 0 Å². The number of aliphatic hydroxyl groups is 1. The predicted molar refractivity (Wildman–Crippen MR) is 120 cm³/mol. The third kappa shape index (κ3) is 9.08. The summed E-state index contributed by atoms with van der Waals surface area (Å²) in [6, 6.07) is 10.2. The number of allylic oxidation sites excluding steroid dienone is 4. The maximum Gasteiger partial charge on any atom is 0.306 e. The molecule has 1 N–H and O–H groups in total. The summed E-state index contributed by atoms with van der Waals surface area (Å²) in [7, 11) is 0. The van der Waals surface area contributed by atoms with Crippen LogP contribution >= 0.6 is 0 Å². The van der Waals surface area contributed by atoms with Gasteiger partial charge in [-0.25, -0.2) is 0 Å². The Morgan fingerprint density at radius 1 is 1.17 bits per heavy atom. The van der Waals surface area contributed by atoms with Crippen LogP contribution < -0.4 is 0 Å². The molecule has 0 saturated heterocycles. The van der Waals surface area contributed by atoms with E-state index in [1.807, 2.05) is 38.1 Å². The van der Waals surface area contributed by atoms with E-state index in [1.165, 1.54) is 5.56 Å². The zero-order chi connectivity index (χ0) is 21.8. The molecule has 0 radical (unpaired) electrons. The summed E-state index contributed by atoms with van der Waals surface area (Å²) in [6.07, 6.45) is 13.3. The second kappa shape index (κ2) is 13.2. The molecule has 0 amide bonds. The first-order valence-electron chi connectivity index (χ1n) is 11.2. The standard InChI is InChI=1S/C26H36O4/c1-20(2)30-26(29)13-9-4-3-8-12-22-15-19-25(28)24(22)18-17-23(27)16-14-21-10-6-5-7-11-21/h3,5-8,10-11,15,19-20,22-24,27H,4,9,12-14,16-18H2,1-2H3/t22-,23-,24+/m0/s1. The van der Waals surface area contributed by atoms with Crippen LogP contribution in [0.2, 0.25) is 0 Å². The Balaban J connectivity index is 1.65. The zero-order valence-electron chi connectivity index (χ0n) is 18.3. The second-order valence-electron chi connectivity index (χ2n) is 8.43. The molecule has 4 nitrogen and oxygen atoms in total. The number of aryl methyl sites for hydroxylation is 1. The number of hydrogen-bond acceptors (Lipinski definition) is 4. The molecule has 0 bridgehead atoms. The summed E-state index contributed by atoms with van der Waals surface area (Å²) in [6.45, 7) is 3.71. The summed E-state index contributed by atoms with van der Waals surface area (Å²) >= 11 is 0. The van der Waals surface area contributed by atoms with Gasteiger partial charge < -0.3 is 9.84 Å². The van der Waals surface area contributed by atoms with Crippen LogP contribution in [0.15, 0.2) is 54.6 Å². The van der Waals surface area contributed by atoms with Crippen molar-refractivity contribution >= 4 is 11.8 Å². The average Bonchev–Trinajstić information content (AvgIpc) is 3.07. The Kier molecular flexibility index (Phi) is 10.6. The molecule has 0 saturated carbocycles. The van der Waals surface area contributed by atoms with Crippen LogP contribution in [0.3, 0.4) is 0 Å². The van der Waals surface area contributed by atoms with Gasteiger partial charge in [-0.05, 0) is 76.4 Å². The monoisotopic (exact) mass is 412 g/mol. The van der Waals surface area contributed by atoms with Crippen molar-refractivity contribution in [3.8, 4) is 0 Å². The molecule has 0 spiro atoms. The normalized spacial score (nSPS) is 19.7. The van der Waals surface area contributed by atoms with Gasteiger partial charge in [0, 0.05) is 12.3 Å². The van der Waals surface area contributed by atoms with Gasteiger partial charge >= 0.3 is 5.97 Å². The van der Waals surface area contributed by atoms with Gasteiger partial charge in [-0.3, -0.25) is 9.59 Å². The third-order valence-electron chi connectivity index (χ3n) is 5.50. The zero-order valence-corrected chi connectivity index (χ0v) is 18.3. The van der Waals surface area contributed by atoms with Gasteiger partial charge in [0.2, 0.25) is 0 Å². The lowest BCUT2D eigenvalue weighted by atomic mass is 9.86. The smallest absolute Gasteiger partial charge is 0.306 e. The van der Waals surface area contributed by atoms with Crippen LogP contribution in [0.25, 0.3) is 0 Å². The number of esters is 1. The minimum atomic E-state index is -0.375. The molecule has 0 aromatic heterocycles. The first-order chi connectivity index (χ1) is 14.5. The van der Waals surface area contributed by atoms with Crippen molar-refractivity contribution in [3.63, 3.8) is 0 Å². The van der Waals surface area contributed by atoms with E-state index in [0.717, 1.165) is 38.5 Å². The average molecular weight is 413 g/mol. The summed E-state index contributed by atoms with van der Waals surface area (Å²) in [5.74, 6) is 0.219. The molecule has 0 fully saturated rings. The maximum absolute atomic E-state index is 12.2. The number of carbonyl (C=O) groups is 2. The SMILES string of the molecule is CC(C)OC(=O)CCCC=CC[C@H]1C=CC(=O)[C@@H]1CC[C@@H](O)CCc1ccccc1. The fourth-order valence-corrected chi connectivity index (χ4v) is 3.84. The minimum absolute atomic E-state index is 0.0259. The van der Waals surface area contributed by atoms with E-state index >= 15 is 0 Å². The van der Waals surface area contributed by atoms with Gasteiger partial charge in [0.05, 0.1) is 12.2 Å². The van der Waals surface area contributed by atoms with E-state index in [-0.39, 0.29) is 35.8 Å². The molecule has 30 heavy (non-hydrogen) atoms. The fourth-order valence-electron chi connectivity index (χ4n) is 3.84. The van der Waals surface area contributed by atoms with Crippen LogP contribution in [0, 0.1) is 11.8 Å². The van der Waals surface area contributed by atoms with E-state index in [2.05, 4.69) is 24.3 Å². The van der Waals surface area contributed by atoms with Gasteiger partial charge in [0.25, 0.3) is 0 Å². The Bertz CT molecular complexity index is 705. The number of unbranched alkanes of at least 4 members (excludes halogenated alkanes) is 1. The number of aliphatic hydroxyl groups excluding tert-OH is 1. The van der Waals surface area contributed by atoms with Crippen LogP contribution in [0.4, 0.5) is 0 Å². The van der Waals surface area contributed by atoms with Crippen LogP contribution in [0.5, 0.6) is 0 Å². The molecule has 1 aromatic rings. The van der Waals surface area contributed by atoms with E-state index in [0.29, 0.717) is 12.8 Å². The van der Waals surface area contributed by atoms with Crippen molar-refractivity contribution in [3.05, 3.63) is 60.2 Å². The molecule has 1 aliphatic carbocycles. The topological polar surface area (TPSA) is 63.6 Å².